The number of hydrogen-bond donors (Lipinski definition) is 4. The third-order valence-corrected chi connectivity index (χ3v) is 4.66. The molecular weight excluding hydrogens is 401 g/mol. The average molecular weight is 420 g/mol. The molecule has 158 valence electrons. The van der Waals surface area contributed by atoms with Gasteiger partial charge < -0.3 is 27.1 Å². The molecule has 1 fully saturated rings. The molecule has 1 aliphatic carbocycles. The predicted octanol–water partition coefficient (Wildman–Crippen LogP) is 2.39. The lowest BCUT2D eigenvalue weighted by atomic mass is 10.1. The number of hydrogen-bond acceptors (Lipinski definition) is 6. The van der Waals surface area contributed by atoms with Gasteiger partial charge in [0, 0.05) is 18.8 Å². The lowest BCUT2D eigenvalue weighted by Gasteiger charge is -2.22. The lowest BCUT2D eigenvalue weighted by Crippen LogP contribution is -2.40. The van der Waals surface area contributed by atoms with Crippen LogP contribution in [0.25, 0.3) is 0 Å². The Morgan fingerprint density at radius 2 is 1.87 bits per heavy atom. The number of nitrogens with zero attached hydrogens (tertiary/aromatic N) is 2. The molecular formula is C19H19F3N6O2. The molecule has 0 saturated heterocycles. The topological polar surface area (TPSA) is 138 Å². The monoisotopic (exact) mass is 420 g/mol. The summed E-state index contributed by atoms with van der Waals surface area (Å²) in [5, 5.41) is 9.68. The summed E-state index contributed by atoms with van der Waals surface area (Å²) in [5.41, 5.74) is 11.3. The van der Waals surface area contributed by atoms with Crippen LogP contribution in [0.4, 0.5) is 30.4 Å². The van der Waals surface area contributed by atoms with Gasteiger partial charge in [-0.3, -0.25) is 9.59 Å². The fourth-order valence-corrected chi connectivity index (χ4v) is 2.86. The van der Waals surface area contributed by atoms with Crippen molar-refractivity contribution >= 4 is 35.2 Å². The summed E-state index contributed by atoms with van der Waals surface area (Å²) in [6.07, 6.45) is -0.991. The van der Waals surface area contributed by atoms with Crippen LogP contribution in [0, 0.1) is 5.41 Å². The Kier molecular flexibility index (Phi) is 5.63. The first-order chi connectivity index (χ1) is 14.1. The van der Waals surface area contributed by atoms with E-state index in [0.717, 1.165) is 18.3 Å². The third kappa shape index (κ3) is 4.50. The van der Waals surface area contributed by atoms with Crippen LogP contribution < -0.4 is 16.8 Å². The molecule has 0 atom stereocenters. The first-order valence-corrected chi connectivity index (χ1v) is 8.94. The molecule has 2 amide bonds. The smallest absolute Gasteiger partial charge is 0.396 e. The SMILES string of the molecule is N=Cc1c(N)ncc(NC(=O)C(=O)N(Cc2ccc(C(F)(F)F)cc2)C2CC2)c1N. The van der Waals surface area contributed by atoms with E-state index in [9.17, 15) is 22.8 Å². The van der Waals surface area contributed by atoms with Gasteiger partial charge in [-0.25, -0.2) is 4.98 Å². The van der Waals surface area contributed by atoms with E-state index in [-0.39, 0.29) is 35.3 Å². The Morgan fingerprint density at radius 1 is 1.23 bits per heavy atom. The second-order valence-corrected chi connectivity index (χ2v) is 6.84. The zero-order chi connectivity index (χ0) is 22.1. The van der Waals surface area contributed by atoms with Crippen molar-refractivity contribution in [1.29, 1.82) is 5.41 Å². The fourth-order valence-electron chi connectivity index (χ4n) is 2.86. The van der Waals surface area contributed by atoms with Gasteiger partial charge in [-0.05, 0) is 30.5 Å². The van der Waals surface area contributed by atoms with Gasteiger partial charge in [0.05, 0.1) is 28.7 Å². The van der Waals surface area contributed by atoms with Crippen LogP contribution in [0.5, 0.6) is 0 Å². The van der Waals surface area contributed by atoms with Gasteiger partial charge in [-0.2, -0.15) is 13.2 Å². The minimum Gasteiger partial charge on any atom is -0.396 e. The van der Waals surface area contributed by atoms with Crippen molar-refractivity contribution in [2.24, 2.45) is 0 Å². The molecule has 0 aliphatic heterocycles. The number of halogens is 3. The molecule has 3 rings (SSSR count). The Balaban J connectivity index is 1.74. The standard InChI is InChI=1S/C19H19F3N6O2/c20-19(21,22)11-3-1-10(2-4-11)9-28(12-5-6-12)18(30)17(29)27-14-8-26-16(25)13(7-23)15(14)24/h1-4,7-8,12,23H,5-6,9H2,(H,27,29)(H4,24,25,26). The second-order valence-electron chi connectivity index (χ2n) is 6.84. The number of aromatic nitrogens is 1. The maximum atomic E-state index is 12.7. The minimum absolute atomic E-state index is 0.000591. The Morgan fingerprint density at radius 3 is 2.40 bits per heavy atom. The van der Waals surface area contributed by atoms with Gasteiger partial charge in [0.1, 0.15) is 5.82 Å². The summed E-state index contributed by atoms with van der Waals surface area (Å²) >= 11 is 0. The Bertz CT molecular complexity index is 987. The van der Waals surface area contributed by atoms with Crippen LogP contribution in [-0.4, -0.2) is 34.0 Å². The van der Waals surface area contributed by atoms with Gasteiger partial charge in [-0.15, -0.1) is 0 Å². The van der Waals surface area contributed by atoms with Crippen LogP contribution in [0.2, 0.25) is 0 Å². The maximum Gasteiger partial charge on any atom is 0.416 e. The predicted molar refractivity (Wildman–Crippen MR) is 105 cm³/mol. The van der Waals surface area contributed by atoms with E-state index in [0.29, 0.717) is 18.4 Å². The van der Waals surface area contributed by atoms with Gasteiger partial charge in [0.15, 0.2) is 0 Å². The Hall–Kier alpha value is -3.63. The highest BCUT2D eigenvalue weighted by Gasteiger charge is 2.36. The number of pyridine rings is 1. The number of rotatable bonds is 5. The quantitative estimate of drug-likeness (QED) is 0.435. The summed E-state index contributed by atoms with van der Waals surface area (Å²) in [6.45, 7) is -0.00370. The van der Waals surface area contributed by atoms with E-state index in [1.54, 1.807) is 0 Å². The van der Waals surface area contributed by atoms with Crippen molar-refractivity contribution in [3.05, 3.63) is 47.2 Å². The normalized spacial score (nSPS) is 13.6. The minimum atomic E-state index is -4.45. The van der Waals surface area contributed by atoms with E-state index in [4.69, 9.17) is 16.9 Å². The molecule has 11 heteroatoms. The molecule has 1 aliphatic rings. The number of alkyl halides is 3. The zero-order valence-electron chi connectivity index (χ0n) is 15.7. The van der Waals surface area contributed by atoms with Crippen LogP contribution in [0.15, 0.2) is 30.5 Å². The number of nitrogens with one attached hydrogen (secondary N) is 2. The van der Waals surface area contributed by atoms with Gasteiger partial charge >= 0.3 is 18.0 Å². The van der Waals surface area contributed by atoms with Crippen molar-refractivity contribution in [3.8, 4) is 0 Å². The first-order valence-electron chi connectivity index (χ1n) is 8.94. The Labute approximate surface area is 169 Å². The largest absolute Gasteiger partial charge is 0.416 e. The number of carbonyl (C=O) groups is 2. The van der Waals surface area contributed by atoms with Crippen LogP contribution in [0.3, 0.4) is 0 Å². The third-order valence-electron chi connectivity index (χ3n) is 4.66. The highest BCUT2D eigenvalue weighted by atomic mass is 19.4. The molecule has 0 radical (unpaired) electrons. The zero-order valence-corrected chi connectivity index (χ0v) is 15.7. The molecule has 0 bridgehead atoms. The van der Waals surface area contributed by atoms with E-state index in [1.807, 2.05) is 0 Å². The van der Waals surface area contributed by atoms with Crippen LogP contribution in [-0.2, 0) is 22.3 Å². The van der Waals surface area contributed by atoms with Crippen molar-refractivity contribution < 1.29 is 22.8 Å². The molecule has 0 spiro atoms. The maximum absolute atomic E-state index is 12.7. The molecule has 6 N–H and O–H groups in total. The number of amides is 2. The second kappa shape index (κ2) is 8.01. The number of anilines is 3. The summed E-state index contributed by atoms with van der Waals surface area (Å²) in [7, 11) is 0. The van der Waals surface area contributed by atoms with Gasteiger partial charge in [0.2, 0.25) is 0 Å². The summed E-state index contributed by atoms with van der Waals surface area (Å²) in [6, 6.07) is 4.27. The molecule has 1 aromatic carbocycles. The fraction of sp³-hybridized carbons (Fsp3) is 0.263. The molecule has 1 aromatic heterocycles. The van der Waals surface area contributed by atoms with E-state index in [2.05, 4.69) is 10.3 Å². The first kappa shape index (κ1) is 21.1. The molecule has 30 heavy (non-hydrogen) atoms. The van der Waals surface area contributed by atoms with E-state index in [1.165, 1.54) is 23.2 Å². The lowest BCUT2D eigenvalue weighted by molar-refractivity contribution is -0.144. The van der Waals surface area contributed by atoms with E-state index >= 15 is 0 Å². The average Bonchev–Trinajstić information content (AvgIpc) is 3.53. The van der Waals surface area contributed by atoms with Gasteiger partial charge in [0.25, 0.3) is 0 Å². The van der Waals surface area contributed by atoms with Crippen LogP contribution in [0.1, 0.15) is 29.5 Å². The molecule has 8 nitrogen and oxygen atoms in total. The molecule has 0 unspecified atom stereocenters. The molecule has 2 aromatic rings. The summed E-state index contributed by atoms with van der Waals surface area (Å²) in [4.78, 5) is 30.3. The van der Waals surface area contributed by atoms with Gasteiger partial charge in [-0.1, -0.05) is 12.1 Å². The summed E-state index contributed by atoms with van der Waals surface area (Å²) in [5.74, 6) is -1.80. The van der Waals surface area contributed by atoms with Crippen molar-refractivity contribution in [3.63, 3.8) is 0 Å². The molecule has 1 heterocycles. The summed E-state index contributed by atoms with van der Waals surface area (Å²) < 4.78 is 38.2. The highest BCUT2D eigenvalue weighted by Crippen LogP contribution is 2.31. The van der Waals surface area contributed by atoms with Crippen LogP contribution >= 0.6 is 0 Å². The number of nitrogens with two attached hydrogens (primary N) is 2. The number of nitrogen functional groups attached to an aromatic ring is 2. The number of benzene rings is 1. The van der Waals surface area contributed by atoms with E-state index < -0.39 is 23.6 Å². The van der Waals surface area contributed by atoms with Crippen molar-refractivity contribution in [2.75, 3.05) is 16.8 Å². The highest BCUT2D eigenvalue weighted by molar-refractivity contribution is 6.40. The number of carbonyl (C=O) groups excluding carboxylic acids is 2. The van der Waals surface area contributed by atoms with Crippen molar-refractivity contribution in [2.45, 2.75) is 31.6 Å². The van der Waals surface area contributed by atoms with Crippen molar-refractivity contribution in [1.82, 2.24) is 9.88 Å². The molecule has 1 saturated carbocycles.